The Kier molecular flexibility index (Phi) is 20.5. The molecule has 2 unspecified atom stereocenters. The Labute approximate surface area is 172 Å². The zero-order valence-corrected chi connectivity index (χ0v) is 18.7. The molecule has 0 aromatic rings. The van der Waals surface area contributed by atoms with E-state index >= 15 is 0 Å². The van der Waals surface area contributed by atoms with E-state index in [4.69, 9.17) is 23.7 Å². The van der Waals surface area contributed by atoms with Crippen LogP contribution >= 0.6 is 0 Å². The molecule has 0 aromatic carbocycles. The van der Waals surface area contributed by atoms with Crippen LogP contribution in [0.3, 0.4) is 0 Å². The van der Waals surface area contributed by atoms with Gasteiger partial charge in [-0.2, -0.15) is 0 Å². The molecule has 28 heavy (non-hydrogen) atoms. The third-order valence-corrected chi connectivity index (χ3v) is 4.45. The highest BCUT2D eigenvalue weighted by Gasteiger charge is 2.33. The van der Waals surface area contributed by atoms with Crippen molar-refractivity contribution >= 4 is 6.47 Å². The van der Waals surface area contributed by atoms with Crippen molar-refractivity contribution in [3.63, 3.8) is 0 Å². The number of rotatable bonds is 22. The molecule has 6 heteroatoms. The molecule has 0 heterocycles. The molecule has 6 nitrogen and oxygen atoms in total. The van der Waals surface area contributed by atoms with Gasteiger partial charge >= 0.3 is 0 Å². The summed E-state index contributed by atoms with van der Waals surface area (Å²) < 4.78 is 29.2. The van der Waals surface area contributed by atoms with Crippen molar-refractivity contribution in [1.29, 1.82) is 0 Å². The molecular formula is C22H44O6. The second-order valence-corrected chi connectivity index (χ2v) is 7.08. The zero-order valence-electron chi connectivity index (χ0n) is 18.7. The zero-order chi connectivity index (χ0) is 20.9. The molecule has 0 rings (SSSR count). The first-order valence-electron chi connectivity index (χ1n) is 11.2. The minimum absolute atomic E-state index is 0.292. The standard InChI is InChI=1S/C22H44O6/c1-5-9-13-24-17-20(26-15-11-7-3)22(27-16-12-8-4)21(28-19-23)18-25-14-10-6-2/h19-22H,5-18H2,1-4H3/t20?,21?,22-/m0/s1. The molecule has 0 N–H and O–H groups in total. The summed E-state index contributed by atoms with van der Waals surface area (Å²) >= 11 is 0. The van der Waals surface area contributed by atoms with Crippen LogP contribution in [-0.4, -0.2) is 64.4 Å². The summed E-state index contributed by atoms with van der Waals surface area (Å²) in [4.78, 5) is 11.1. The van der Waals surface area contributed by atoms with Gasteiger partial charge in [-0.15, -0.1) is 0 Å². The number of hydrogen-bond acceptors (Lipinski definition) is 6. The summed E-state index contributed by atoms with van der Waals surface area (Å²) in [7, 11) is 0. The van der Waals surface area contributed by atoms with Crippen LogP contribution in [0.15, 0.2) is 0 Å². The minimum atomic E-state index is -0.507. The van der Waals surface area contributed by atoms with Crippen LogP contribution in [0.1, 0.15) is 79.1 Å². The molecule has 0 aliphatic heterocycles. The quantitative estimate of drug-likeness (QED) is 0.195. The maximum absolute atomic E-state index is 11.1. The average Bonchev–Trinajstić information content (AvgIpc) is 2.70. The van der Waals surface area contributed by atoms with Crippen molar-refractivity contribution in [3.8, 4) is 0 Å². The Bertz CT molecular complexity index is 326. The van der Waals surface area contributed by atoms with Crippen LogP contribution in [0.4, 0.5) is 0 Å². The van der Waals surface area contributed by atoms with Gasteiger partial charge in [-0.25, -0.2) is 0 Å². The van der Waals surface area contributed by atoms with E-state index in [-0.39, 0.29) is 6.10 Å². The Morgan fingerprint density at radius 1 is 0.643 bits per heavy atom. The van der Waals surface area contributed by atoms with Gasteiger partial charge in [-0.3, -0.25) is 4.79 Å². The van der Waals surface area contributed by atoms with Gasteiger partial charge in [0, 0.05) is 26.4 Å². The fourth-order valence-corrected chi connectivity index (χ4v) is 2.61. The van der Waals surface area contributed by atoms with Gasteiger partial charge in [0.25, 0.3) is 6.47 Å². The Morgan fingerprint density at radius 3 is 1.61 bits per heavy atom. The first kappa shape index (κ1) is 27.3. The molecule has 0 radical (unpaired) electrons. The first-order valence-corrected chi connectivity index (χ1v) is 11.2. The van der Waals surface area contributed by atoms with Gasteiger partial charge in [-0.1, -0.05) is 53.4 Å². The molecule has 0 spiro atoms. The minimum Gasteiger partial charge on any atom is -0.459 e. The van der Waals surface area contributed by atoms with Crippen molar-refractivity contribution in [1.82, 2.24) is 0 Å². The van der Waals surface area contributed by atoms with Crippen molar-refractivity contribution in [2.75, 3.05) is 39.6 Å². The molecule has 0 saturated carbocycles. The normalized spacial score (nSPS) is 14.6. The summed E-state index contributed by atoms with van der Waals surface area (Å²) in [5, 5.41) is 0. The summed E-state index contributed by atoms with van der Waals surface area (Å²) in [6, 6.07) is 0. The number of ether oxygens (including phenoxy) is 5. The highest BCUT2D eigenvalue weighted by atomic mass is 16.6. The van der Waals surface area contributed by atoms with E-state index in [9.17, 15) is 4.79 Å². The Hall–Kier alpha value is -0.690. The number of hydrogen-bond donors (Lipinski definition) is 0. The highest BCUT2D eigenvalue weighted by molar-refractivity contribution is 5.37. The molecule has 3 atom stereocenters. The van der Waals surface area contributed by atoms with E-state index in [1.165, 1.54) is 0 Å². The summed E-state index contributed by atoms with van der Waals surface area (Å²) in [5.74, 6) is 0. The maximum Gasteiger partial charge on any atom is 0.293 e. The summed E-state index contributed by atoms with van der Waals surface area (Å²) in [6.07, 6.45) is 6.93. The van der Waals surface area contributed by atoms with Gasteiger partial charge in [0.15, 0.2) is 6.10 Å². The topological polar surface area (TPSA) is 63.2 Å². The lowest BCUT2D eigenvalue weighted by molar-refractivity contribution is -0.174. The van der Waals surface area contributed by atoms with E-state index in [0.717, 1.165) is 51.4 Å². The third kappa shape index (κ3) is 14.3. The fraction of sp³-hybridized carbons (Fsp3) is 0.955. The molecule has 0 saturated heterocycles. The maximum atomic E-state index is 11.1. The molecular weight excluding hydrogens is 360 g/mol. The lowest BCUT2D eigenvalue weighted by Crippen LogP contribution is -2.47. The monoisotopic (exact) mass is 404 g/mol. The van der Waals surface area contributed by atoms with Crippen molar-refractivity contribution in [2.24, 2.45) is 0 Å². The predicted molar refractivity (Wildman–Crippen MR) is 112 cm³/mol. The van der Waals surface area contributed by atoms with Gasteiger partial charge < -0.3 is 23.7 Å². The van der Waals surface area contributed by atoms with Crippen LogP contribution in [0, 0.1) is 0 Å². The van der Waals surface area contributed by atoms with Crippen molar-refractivity contribution in [2.45, 2.75) is 97.4 Å². The van der Waals surface area contributed by atoms with Gasteiger partial charge in [0.2, 0.25) is 0 Å². The number of unbranched alkanes of at least 4 members (excludes halogenated alkanes) is 4. The second kappa shape index (κ2) is 21.0. The van der Waals surface area contributed by atoms with Crippen LogP contribution < -0.4 is 0 Å². The number of carbonyl (C=O) groups excluding carboxylic acids is 1. The van der Waals surface area contributed by atoms with E-state index in [1.807, 2.05) is 0 Å². The van der Waals surface area contributed by atoms with E-state index in [2.05, 4.69) is 27.7 Å². The smallest absolute Gasteiger partial charge is 0.293 e. The molecule has 0 fully saturated rings. The van der Waals surface area contributed by atoms with E-state index in [0.29, 0.717) is 46.1 Å². The molecule has 0 aliphatic rings. The largest absolute Gasteiger partial charge is 0.459 e. The SMILES string of the molecule is CCCCOCC(OC=O)[C@@H](OCCCC)C(COCCCC)OCCCC. The summed E-state index contributed by atoms with van der Waals surface area (Å²) in [6.45, 7) is 12.3. The average molecular weight is 405 g/mol. The van der Waals surface area contributed by atoms with Crippen molar-refractivity contribution < 1.29 is 28.5 Å². The molecule has 0 aliphatic carbocycles. The lowest BCUT2D eigenvalue weighted by Gasteiger charge is -2.32. The molecule has 0 aromatic heterocycles. The summed E-state index contributed by atoms with van der Waals surface area (Å²) in [5.41, 5.74) is 0. The Morgan fingerprint density at radius 2 is 1.11 bits per heavy atom. The van der Waals surface area contributed by atoms with Gasteiger partial charge in [0.05, 0.1) is 13.2 Å². The highest BCUT2D eigenvalue weighted by Crippen LogP contribution is 2.16. The van der Waals surface area contributed by atoms with Crippen LogP contribution in [0.25, 0.3) is 0 Å². The van der Waals surface area contributed by atoms with E-state index < -0.39 is 12.2 Å². The van der Waals surface area contributed by atoms with Crippen LogP contribution in [-0.2, 0) is 28.5 Å². The van der Waals surface area contributed by atoms with Crippen molar-refractivity contribution in [3.05, 3.63) is 0 Å². The molecule has 168 valence electrons. The van der Waals surface area contributed by atoms with Gasteiger partial charge in [0.1, 0.15) is 12.2 Å². The Balaban J connectivity index is 5.07. The number of carbonyl (C=O) groups is 1. The third-order valence-electron chi connectivity index (χ3n) is 4.45. The van der Waals surface area contributed by atoms with Crippen LogP contribution in [0.2, 0.25) is 0 Å². The van der Waals surface area contributed by atoms with Crippen LogP contribution in [0.5, 0.6) is 0 Å². The molecule has 0 amide bonds. The van der Waals surface area contributed by atoms with Gasteiger partial charge in [-0.05, 0) is 25.7 Å². The van der Waals surface area contributed by atoms with E-state index in [1.54, 1.807) is 0 Å². The lowest BCUT2D eigenvalue weighted by atomic mass is 10.1. The molecule has 0 bridgehead atoms. The fourth-order valence-electron chi connectivity index (χ4n) is 2.61. The first-order chi connectivity index (χ1) is 13.7. The second-order valence-electron chi connectivity index (χ2n) is 7.08. The predicted octanol–water partition coefficient (Wildman–Crippen LogP) is 4.53.